The maximum absolute atomic E-state index is 13.0. The predicted molar refractivity (Wildman–Crippen MR) is 129 cm³/mol. The summed E-state index contributed by atoms with van der Waals surface area (Å²) in [5.41, 5.74) is 3.54. The van der Waals surface area contributed by atoms with E-state index in [4.69, 9.17) is 0 Å². The molecule has 32 heavy (non-hydrogen) atoms. The van der Waals surface area contributed by atoms with E-state index in [-0.39, 0.29) is 11.9 Å². The monoisotopic (exact) mass is 466 g/mol. The molecular weight excluding hydrogens is 440 g/mol. The average molecular weight is 467 g/mol. The standard InChI is InChI=1S/C23H26N6OS2/c1-15-12-16(2)29-22(25-15)26-23(27-29)32-14-17-8-5-6-9-18(17)21(30)24-13-19(28(3)4)20-10-7-11-31-20/h5-12,19H,13-14H2,1-4H3,(H,24,30). The number of thioether (sulfide) groups is 1. The molecule has 3 aromatic heterocycles. The van der Waals surface area contributed by atoms with Gasteiger partial charge in [0.1, 0.15) is 0 Å². The minimum Gasteiger partial charge on any atom is -0.350 e. The summed E-state index contributed by atoms with van der Waals surface area (Å²) in [6.45, 7) is 4.48. The smallest absolute Gasteiger partial charge is 0.253 e. The van der Waals surface area contributed by atoms with Crippen molar-refractivity contribution >= 4 is 34.8 Å². The number of hydrogen-bond donors (Lipinski definition) is 1. The fraction of sp³-hybridized carbons (Fsp3) is 0.304. The van der Waals surface area contributed by atoms with Gasteiger partial charge < -0.3 is 10.2 Å². The summed E-state index contributed by atoms with van der Waals surface area (Å²) >= 11 is 3.20. The van der Waals surface area contributed by atoms with Gasteiger partial charge in [0.15, 0.2) is 0 Å². The van der Waals surface area contributed by atoms with Gasteiger partial charge in [-0.25, -0.2) is 9.50 Å². The number of aryl methyl sites for hydroxylation is 2. The normalized spacial score (nSPS) is 12.4. The van der Waals surface area contributed by atoms with Gasteiger partial charge in [-0.2, -0.15) is 4.98 Å². The van der Waals surface area contributed by atoms with Crippen LogP contribution in [-0.4, -0.2) is 51.0 Å². The third-order valence-electron chi connectivity index (χ3n) is 5.17. The Morgan fingerprint density at radius 1 is 1.19 bits per heavy atom. The van der Waals surface area contributed by atoms with E-state index in [0.717, 1.165) is 17.0 Å². The highest BCUT2D eigenvalue weighted by Crippen LogP contribution is 2.24. The van der Waals surface area contributed by atoms with Gasteiger partial charge in [-0.3, -0.25) is 4.79 Å². The second kappa shape index (κ2) is 9.81. The zero-order valence-electron chi connectivity index (χ0n) is 18.6. The van der Waals surface area contributed by atoms with E-state index in [1.807, 2.05) is 64.3 Å². The molecule has 0 aliphatic heterocycles. The first-order valence-electron chi connectivity index (χ1n) is 10.3. The summed E-state index contributed by atoms with van der Waals surface area (Å²) in [4.78, 5) is 25.3. The zero-order valence-corrected chi connectivity index (χ0v) is 20.2. The Kier molecular flexibility index (Phi) is 6.88. The molecule has 0 aliphatic carbocycles. The molecule has 3 heterocycles. The van der Waals surface area contributed by atoms with Crippen LogP contribution in [0.15, 0.2) is 53.0 Å². The van der Waals surface area contributed by atoms with Gasteiger partial charge in [-0.15, -0.1) is 16.4 Å². The second-order valence-corrected chi connectivity index (χ2v) is 9.72. The molecule has 166 valence electrons. The van der Waals surface area contributed by atoms with Gasteiger partial charge >= 0.3 is 0 Å². The fourth-order valence-electron chi connectivity index (χ4n) is 3.52. The highest BCUT2D eigenvalue weighted by molar-refractivity contribution is 7.98. The van der Waals surface area contributed by atoms with Crippen molar-refractivity contribution in [1.82, 2.24) is 29.8 Å². The van der Waals surface area contributed by atoms with E-state index >= 15 is 0 Å². The lowest BCUT2D eigenvalue weighted by Gasteiger charge is -2.23. The van der Waals surface area contributed by atoms with Gasteiger partial charge in [-0.1, -0.05) is 36.0 Å². The average Bonchev–Trinajstić information content (AvgIpc) is 3.42. The van der Waals surface area contributed by atoms with Crippen LogP contribution in [0.2, 0.25) is 0 Å². The Balaban J connectivity index is 1.45. The summed E-state index contributed by atoms with van der Waals surface area (Å²) < 4.78 is 1.75. The Morgan fingerprint density at radius 3 is 2.75 bits per heavy atom. The minimum absolute atomic E-state index is 0.0688. The van der Waals surface area contributed by atoms with E-state index < -0.39 is 0 Å². The number of likely N-dealkylation sites (N-methyl/N-ethyl adjacent to an activating group) is 1. The molecule has 0 spiro atoms. The van der Waals surface area contributed by atoms with E-state index in [0.29, 0.717) is 28.8 Å². The number of nitrogens with zero attached hydrogens (tertiary/aromatic N) is 5. The Labute approximate surface area is 195 Å². The first-order valence-corrected chi connectivity index (χ1v) is 12.2. The lowest BCUT2D eigenvalue weighted by atomic mass is 10.1. The molecule has 0 radical (unpaired) electrons. The molecule has 1 atom stereocenters. The first kappa shape index (κ1) is 22.4. The summed E-state index contributed by atoms with van der Waals surface area (Å²) in [5.74, 6) is 1.13. The number of aromatic nitrogens is 4. The molecular formula is C23H26N6OS2. The maximum Gasteiger partial charge on any atom is 0.253 e. The summed E-state index contributed by atoms with van der Waals surface area (Å²) in [6, 6.07) is 14.0. The molecule has 1 aromatic carbocycles. The Hall–Kier alpha value is -2.75. The molecule has 0 saturated carbocycles. The van der Waals surface area contributed by atoms with E-state index in [9.17, 15) is 4.79 Å². The molecule has 1 amide bonds. The predicted octanol–water partition coefficient (Wildman–Crippen LogP) is 4.13. The van der Waals surface area contributed by atoms with Crippen molar-refractivity contribution < 1.29 is 4.79 Å². The number of nitrogens with one attached hydrogen (secondary N) is 1. The van der Waals surface area contributed by atoms with E-state index in [2.05, 4.69) is 36.7 Å². The van der Waals surface area contributed by atoms with Crippen LogP contribution in [-0.2, 0) is 5.75 Å². The third kappa shape index (κ3) is 5.01. The van der Waals surface area contributed by atoms with Gasteiger partial charge in [0, 0.05) is 34.1 Å². The van der Waals surface area contributed by atoms with Crippen molar-refractivity contribution in [1.29, 1.82) is 0 Å². The van der Waals surface area contributed by atoms with Crippen LogP contribution in [0.5, 0.6) is 0 Å². The SMILES string of the molecule is Cc1cc(C)n2nc(SCc3ccccc3C(=O)NCC(c3cccs3)N(C)C)nc2n1. The quantitative estimate of drug-likeness (QED) is 0.394. The number of amides is 1. The first-order chi connectivity index (χ1) is 15.4. The van der Waals surface area contributed by atoms with Crippen LogP contribution in [0, 0.1) is 13.8 Å². The summed E-state index contributed by atoms with van der Waals surface area (Å²) in [7, 11) is 4.06. The van der Waals surface area contributed by atoms with E-state index in [1.165, 1.54) is 16.6 Å². The van der Waals surface area contributed by atoms with Gasteiger partial charge in [0.05, 0.1) is 6.04 Å². The molecule has 0 fully saturated rings. The topological polar surface area (TPSA) is 75.4 Å². The van der Waals surface area contributed by atoms with Crippen LogP contribution in [0.3, 0.4) is 0 Å². The third-order valence-corrected chi connectivity index (χ3v) is 7.03. The maximum atomic E-state index is 13.0. The molecule has 1 N–H and O–H groups in total. The van der Waals surface area contributed by atoms with E-state index in [1.54, 1.807) is 15.9 Å². The molecule has 4 rings (SSSR count). The lowest BCUT2D eigenvalue weighted by molar-refractivity contribution is 0.0941. The number of rotatable bonds is 8. The van der Waals surface area contributed by atoms with Crippen molar-refractivity contribution in [3.8, 4) is 0 Å². The fourth-order valence-corrected chi connectivity index (χ4v) is 5.27. The number of hydrogen-bond acceptors (Lipinski definition) is 7. The summed E-state index contributed by atoms with van der Waals surface area (Å²) in [5, 5.41) is 10.4. The molecule has 0 bridgehead atoms. The van der Waals surface area contributed by atoms with Gasteiger partial charge in [0.2, 0.25) is 5.16 Å². The number of thiophene rings is 1. The lowest BCUT2D eigenvalue weighted by Crippen LogP contribution is -2.34. The number of fused-ring (bicyclic) bond motifs is 1. The Morgan fingerprint density at radius 2 is 2.00 bits per heavy atom. The number of carbonyl (C=O) groups excluding carboxylic acids is 1. The van der Waals surface area contributed by atoms with Crippen molar-refractivity contribution in [3.63, 3.8) is 0 Å². The van der Waals surface area contributed by atoms with Crippen LogP contribution in [0.25, 0.3) is 5.78 Å². The largest absolute Gasteiger partial charge is 0.350 e. The van der Waals surface area contributed by atoms with Gasteiger partial charge in [-0.05, 0) is 57.1 Å². The zero-order chi connectivity index (χ0) is 22.7. The molecule has 0 saturated heterocycles. The van der Waals surface area contributed by atoms with Gasteiger partial charge in [0.25, 0.3) is 11.7 Å². The highest BCUT2D eigenvalue weighted by atomic mass is 32.2. The minimum atomic E-state index is -0.0688. The van der Waals surface area contributed by atoms with Crippen molar-refractivity contribution in [3.05, 3.63) is 75.2 Å². The second-order valence-electron chi connectivity index (χ2n) is 7.80. The molecule has 9 heteroatoms. The van der Waals surface area contributed by atoms with Crippen LogP contribution in [0.1, 0.15) is 38.2 Å². The molecule has 1 unspecified atom stereocenters. The van der Waals surface area contributed by atoms with Crippen molar-refractivity contribution in [2.24, 2.45) is 0 Å². The highest BCUT2D eigenvalue weighted by Gasteiger charge is 2.18. The van der Waals surface area contributed by atoms with Crippen LogP contribution in [0.4, 0.5) is 0 Å². The van der Waals surface area contributed by atoms with Crippen LogP contribution < -0.4 is 5.32 Å². The molecule has 0 aliphatic rings. The molecule has 4 aromatic rings. The van der Waals surface area contributed by atoms with Crippen molar-refractivity contribution in [2.45, 2.75) is 30.8 Å². The molecule has 7 nitrogen and oxygen atoms in total. The van der Waals surface area contributed by atoms with Crippen LogP contribution >= 0.6 is 23.1 Å². The summed E-state index contributed by atoms with van der Waals surface area (Å²) in [6.07, 6.45) is 0. The number of carbonyl (C=O) groups is 1. The Bertz CT molecular complexity index is 1220. The number of benzene rings is 1. The van der Waals surface area contributed by atoms with Crippen molar-refractivity contribution in [2.75, 3.05) is 20.6 Å².